The number of esters is 1. The minimum atomic E-state index is -0.404. The molecule has 0 radical (unpaired) electrons. The molecule has 0 amide bonds. The van der Waals surface area contributed by atoms with E-state index in [9.17, 15) is 9.59 Å². The summed E-state index contributed by atoms with van der Waals surface area (Å²) in [6.45, 7) is 0. The first-order chi connectivity index (χ1) is 16.5. The number of hydrogen-bond donors (Lipinski definition) is 0. The molecule has 4 fully saturated rings. The van der Waals surface area contributed by atoms with E-state index in [1.165, 1.54) is 56.8 Å². The van der Waals surface area contributed by atoms with E-state index in [2.05, 4.69) is 18.2 Å². The molecule has 4 saturated carbocycles. The fourth-order valence-electron chi connectivity index (χ4n) is 7.34. The molecule has 0 unspecified atom stereocenters. The van der Waals surface area contributed by atoms with E-state index in [4.69, 9.17) is 9.47 Å². The maximum absolute atomic E-state index is 11.8. The van der Waals surface area contributed by atoms with Crippen molar-refractivity contribution in [3.63, 3.8) is 0 Å². The molecule has 0 aromatic heterocycles. The maximum atomic E-state index is 11.8. The van der Waals surface area contributed by atoms with Gasteiger partial charge in [-0.3, -0.25) is 4.79 Å². The standard InChI is InChI=1S/C30H34O4/c1-33-28-14-20(5-3-8-26(19-31)24-6-4-7-25(15-24)29(32)34-2)9-10-27(28)30-16-21-11-22(17-30)13-23(12-21)18-30/h4,6-10,14-15,19,21-23H,3,5,11-13,16-18H2,1-2H3. The van der Waals surface area contributed by atoms with E-state index >= 15 is 0 Å². The van der Waals surface area contributed by atoms with Crippen LogP contribution in [0.25, 0.3) is 5.57 Å². The highest BCUT2D eigenvalue weighted by atomic mass is 16.5. The lowest BCUT2D eigenvalue weighted by Gasteiger charge is -2.57. The van der Waals surface area contributed by atoms with E-state index in [0.29, 0.717) is 16.6 Å². The van der Waals surface area contributed by atoms with Crippen molar-refractivity contribution < 1.29 is 19.1 Å². The van der Waals surface area contributed by atoms with Gasteiger partial charge < -0.3 is 9.47 Å². The summed E-state index contributed by atoms with van der Waals surface area (Å²) in [4.78, 5) is 23.6. The summed E-state index contributed by atoms with van der Waals surface area (Å²) in [7, 11) is 3.15. The topological polar surface area (TPSA) is 52.6 Å². The molecule has 0 N–H and O–H groups in total. The summed E-state index contributed by atoms with van der Waals surface area (Å²) in [6.07, 6.45) is 12.6. The first-order valence-corrected chi connectivity index (χ1v) is 12.5. The Labute approximate surface area is 202 Å². The number of ether oxygens (including phenoxy) is 2. The first-order valence-electron chi connectivity index (χ1n) is 12.5. The smallest absolute Gasteiger partial charge is 0.337 e. The third kappa shape index (κ3) is 4.31. The maximum Gasteiger partial charge on any atom is 0.337 e. The molecular formula is C30H34O4. The normalized spacial score (nSPS) is 27.5. The van der Waals surface area contributed by atoms with E-state index in [1.807, 2.05) is 12.1 Å². The number of aldehydes is 1. The number of benzene rings is 2. The number of rotatable bonds is 8. The van der Waals surface area contributed by atoms with E-state index in [1.54, 1.807) is 25.3 Å². The van der Waals surface area contributed by atoms with Crippen molar-refractivity contribution in [3.8, 4) is 5.75 Å². The molecule has 2 aromatic rings. The Balaban J connectivity index is 1.31. The van der Waals surface area contributed by atoms with Crippen LogP contribution in [0.2, 0.25) is 0 Å². The summed E-state index contributed by atoms with van der Waals surface area (Å²) in [5.74, 6) is 3.34. The van der Waals surface area contributed by atoms with Crippen molar-refractivity contribution in [2.75, 3.05) is 14.2 Å². The fraction of sp³-hybridized carbons (Fsp3) is 0.467. The number of carbonyl (C=O) groups excluding carboxylic acids is 2. The molecule has 4 bridgehead atoms. The summed E-state index contributed by atoms with van der Waals surface area (Å²) >= 11 is 0. The van der Waals surface area contributed by atoms with Crippen molar-refractivity contribution in [1.29, 1.82) is 0 Å². The summed E-state index contributed by atoms with van der Waals surface area (Å²) in [5, 5.41) is 0. The van der Waals surface area contributed by atoms with E-state index in [-0.39, 0.29) is 0 Å². The third-order valence-electron chi connectivity index (χ3n) is 8.42. The number of hydrogen-bond acceptors (Lipinski definition) is 4. The lowest BCUT2D eigenvalue weighted by atomic mass is 9.48. The molecule has 4 aliphatic rings. The second-order valence-electron chi connectivity index (χ2n) is 10.6. The minimum Gasteiger partial charge on any atom is -0.496 e. The van der Waals surface area contributed by atoms with Crippen molar-refractivity contribution in [2.24, 2.45) is 17.8 Å². The number of allylic oxidation sites excluding steroid dienone is 2. The van der Waals surface area contributed by atoms with Crippen molar-refractivity contribution >= 4 is 17.8 Å². The summed E-state index contributed by atoms with van der Waals surface area (Å²) in [6, 6.07) is 13.8. The van der Waals surface area contributed by atoms with Crippen molar-refractivity contribution in [1.82, 2.24) is 0 Å². The zero-order chi connectivity index (χ0) is 23.7. The second kappa shape index (κ2) is 9.40. The predicted octanol–water partition coefficient (Wildman–Crippen LogP) is 6.16. The molecule has 4 aliphatic carbocycles. The van der Waals surface area contributed by atoms with Gasteiger partial charge >= 0.3 is 5.97 Å². The minimum absolute atomic E-state index is 0.313. The summed E-state index contributed by atoms with van der Waals surface area (Å²) in [5.41, 5.74) is 4.71. The molecule has 6 rings (SSSR count). The van der Waals surface area contributed by atoms with Crippen LogP contribution in [-0.2, 0) is 21.4 Å². The van der Waals surface area contributed by atoms with Crippen LogP contribution >= 0.6 is 0 Å². The van der Waals surface area contributed by atoms with Gasteiger partial charge in [0.1, 0.15) is 12.0 Å². The van der Waals surface area contributed by atoms with Crippen LogP contribution in [0, 0.1) is 17.8 Å². The second-order valence-corrected chi connectivity index (χ2v) is 10.6. The van der Waals surface area contributed by atoms with Gasteiger partial charge in [0, 0.05) is 11.1 Å². The number of carbonyl (C=O) groups is 2. The Morgan fingerprint density at radius 1 is 0.971 bits per heavy atom. The zero-order valence-corrected chi connectivity index (χ0v) is 20.2. The van der Waals surface area contributed by atoms with Crippen molar-refractivity contribution in [3.05, 3.63) is 70.8 Å². The van der Waals surface area contributed by atoms with Gasteiger partial charge in [-0.1, -0.05) is 30.3 Å². The lowest BCUT2D eigenvalue weighted by molar-refractivity contribution is -0.103. The van der Waals surface area contributed by atoms with Crippen LogP contribution in [0.3, 0.4) is 0 Å². The molecule has 2 aromatic carbocycles. The molecule has 0 heterocycles. The quantitative estimate of drug-likeness (QED) is 0.270. The molecule has 0 aliphatic heterocycles. The van der Waals surface area contributed by atoms with Crippen LogP contribution in [0.4, 0.5) is 0 Å². The van der Waals surface area contributed by atoms with E-state index in [0.717, 1.165) is 48.2 Å². The Bertz CT molecular complexity index is 1080. The van der Waals surface area contributed by atoms with Crippen LogP contribution in [0.15, 0.2) is 48.5 Å². The van der Waals surface area contributed by atoms with Crippen molar-refractivity contribution in [2.45, 2.75) is 56.8 Å². The van der Waals surface area contributed by atoms with Crippen LogP contribution in [0.5, 0.6) is 5.75 Å². The first kappa shape index (κ1) is 22.9. The molecule has 0 spiro atoms. The van der Waals surface area contributed by atoms with Crippen LogP contribution in [-0.4, -0.2) is 26.5 Å². The van der Waals surface area contributed by atoms with Gasteiger partial charge in [0.25, 0.3) is 0 Å². The summed E-state index contributed by atoms with van der Waals surface area (Å²) < 4.78 is 10.7. The van der Waals surface area contributed by atoms with Gasteiger partial charge in [0.15, 0.2) is 0 Å². The van der Waals surface area contributed by atoms with Gasteiger partial charge in [0.2, 0.25) is 0 Å². The highest BCUT2D eigenvalue weighted by molar-refractivity contribution is 6.07. The van der Waals surface area contributed by atoms with Gasteiger partial charge in [-0.2, -0.15) is 0 Å². The molecule has 0 saturated heterocycles. The predicted molar refractivity (Wildman–Crippen MR) is 133 cm³/mol. The monoisotopic (exact) mass is 458 g/mol. The lowest BCUT2D eigenvalue weighted by Crippen LogP contribution is -2.48. The zero-order valence-electron chi connectivity index (χ0n) is 20.2. The van der Waals surface area contributed by atoms with Crippen LogP contribution < -0.4 is 4.74 Å². The Morgan fingerprint density at radius 2 is 1.65 bits per heavy atom. The molecule has 4 nitrogen and oxygen atoms in total. The van der Waals surface area contributed by atoms with Crippen LogP contribution in [0.1, 0.15) is 72.0 Å². The molecular weight excluding hydrogens is 424 g/mol. The highest BCUT2D eigenvalue weighted by Crippen LogP contribution is 2.61. The molecule has 34 heavy (non-hydrogen) atoms. The number of methoxy groups -OCH3 is 2. The highest BCUT2D eigenvalue weighted by Gasteiger charge is 2.52. The van der Waals surface area contributed by atoms with Gasteiger partial charge in [-0.05, 0) is 104 Å². The number of aryl methyl sites for hydroxylation is 1. The average Bonchev–Trinajstić information content (AvgIpc) is 2.85. The third-order valence-corrected chi connectivity index (χ3v) is 8.42. The van der Waals surface area contributed by atoms with Gasteiger partial charge in [-0.15, -0.1) is 0 Å². The Kier molecular flexibility index (Phi) is 6.33. The largest absolute Gasteiger partial charge is 0.496 e. The average molecular weight is 459 g/mol. The Hall–Kier alpha value is -2.88. The molecule has 178 valence electrons. The molecule has 0 atom stereocenters. The van der Waals surface area contributed by atoms with E-state index < -0.39 is 5.97 Å². The SMILES string of the molecule is COC(=O)c1cccc(C(C=O)=CCCc2ccc(C34CC5CC(CC(C5)C3)C4)c(OC)c2)c1. The Morgan fingerprint density at radius 3 is 2.26 bits per heavy atom. The van der Waals surface area contributed by atoms with Gasteiger partial charge in [-0.25, -0.2) is 4.79 Å². The molecule has 4 heteroatoms. The van der Waals surface area contributed by atoms with Gasteiger partial charge in [0.05, 0.1) is 19.8 Å². The fourth-order valence-corrected chi connectivity index (χ4v) is 7.34.